The summed E-state index contributed by atoms with van der Waals surface area (Å²) in [6, 6.07) is 7.76. The van der Waals surface area contributed by atoms with Gasteiger partial charge in [-0.1, -0.05) is 0 Å². The molecule has 0 saturated heterocycles. The molecule has 2 heterocycles. The van der Waals surface area contributed by atoms with Gasteiger partial charge in [-0.15, -0.1) is 0 Å². The highest BCUT2D eigenvalue weighted by Crippen LogP contribution is 2.49. The van der Waals surface area contributed by atoms with Crippen molar-refractivity contribution < 1.29 is 23.7 Å². The van der Waals surface area contributed by atoms with Crippen LogP contribution < -0.4 is 23.7 Å². The molecule has 0 spiro atoms. The van der Waals surface area contributed by atoms with Crippen molar-refractivity contribution in [2.75, 3.05) is 28.4 Å². The number of benzene rings is 2. The van der Waals surface area contributed by atoms with Crippen LogP contribution in [0.1, 0.15) is 11.3 Å². The van der Waals surface area contributed by atoms with Crippen molar-refractivity contribution in [1.82, 2.24) is 4.98 Å². The van der Waals surface area contributed by atoms with Crippen molar-refractivity contribution in [3.05, 3.63) is 35.5 Å². The zero-order valence-electron chi connectivity index (χ0n) is 16.0. The first kappa shape index (κ1) is 17.3. The van der Waals surface area contributed by atoms with Gasteiger partial charge in [0.1, 0.15) is 6.61 Å². The molecule has 0 unspecified atom stereocenters. The molecule has 27 heavy (non-hydrogen) atoms. The Hall–Kier alpha value is -3.15. The minimum atomic E-state index is 0.380. The lowest BCUT2D eigenvalue weighted by Crippen LogP contribution is -2.10. The normalized spacial score (nSPS) is 12.0. The van der Waals surface area contributed by atoms with Crippen LogP contribution in [0.5, 0.6) is 28.7 Å². The van der Waals surface area contributed by atoms with E-state index in [9.17, 15) is 0 Å². The Morgan fingerprint density at radius 1 is 0.852 bits per heavy atom. The quantitative estimate of drug-likeness (QED) is 0.691. The lowest BCUT2D eigenvalue weighted by atomic mass is 9.95. The monoisotopic (exact) mass is 367 g/mol. The summed E-state index contributed by atoms with van der Waals surface area (Å²) in [5, 5.41) is 2.05. The molecule has 3 aromatic rings. The molecule has 1 aliphatic rings. The molecule has 0 amide bonds. The van der Waals surface area contributed by atoms with Gasteiger partial charge in [-0.2, -0.15) is 0 Å². The van der Waals surface area contributed by atoms with E-state index >= 15 is 0 Å². The molecule has 4 rings (SSSR count). The number of pyridine rings is 1. The van der Waals surface area contributed by atoms with E-state index in [4.69, 9.17) is 28.7 Å². The van der Waals surface area contributed by atoms with Crippen LogP contribution in [0.15, 0.2) is 24.3 Å². The lowest BCUT2D eigenvalue weighted by Gasteiger charge is -2.25. The predicted molar refractivity (Wildman–Crippen MR) is 102 cm³/mol. The second-order valence-electron chi connectivity index (χ2n) is 6.24. The molecular formula is C21H21NO5. The zero-order chi connectivity index (χ0) is 19.1. The van der Waals surface area contributed by atoms with Crippen LogP contribution in [0.2, 0.25) is 0 Å². The molecule has 0 N–H and O–H groups in total. The van der Waals surface area contributed by atoms with Crippen LogP contribution >= 0.6 is 0 Å². The minimum Gasteiger partial charge on any atom is -0.493 e. The third-order valence-corrected chi connectivity index (χ3v) is 4.92. The topological polar surface area (TPSA) is 59.0 Å². The fourth-order valence-corrected chi connectivity index (χ4v) is 3.59. The largest absolute Gasteiger partial charge is 0.493 e. The van der Waals surface area contributed by atoms with Gasteiger partial charge in [0.2, 0.25) is 5.75 Å². The van der Waals surface area contributed by atoms with Gasteiger partial charge in [0.25, 0.3) is 0 Å². The van der Waals surface area contributed by atoms with Gasteiger partial charge in [-0.3, -0.25) is 4.98 Å². The average Bonchev–Trinajstić information content (AvgIpc) is 2.71. The maximum Gasteiger partial charge on any atom is 0.204 e. The van der Waals surface area contributed by atoms with E-state index in [1.807, 2.05) is 31.2 Å². The number of hydrogen-bond acceptors (Lipinski definition) is 6. The Kier molecular flexibility index (Phi) is 4.18. The van der Waals surface area contributed by atoms with Crippen molar-refractivity contribution in [1.29, 1.82) is 0 Å². The molecule has 2 aromatic carbocycles. The number of aryl methyl sites for hydroxylation is 1. The fourth-order valence-electron chi connectivity index (χ4n) is 3.59. The molecule has 0 atom stereocenters. The first-order chi connectivity index (χ1) is 13.1. The number of hydrogen-bond donors (Lipinski definition) is 0. The van der Waals surface area contributed by atoms with Crippen molar-refractivity contribution in [2.24, 2.45) is 0 Å². The van der Waals surface area contributed by atoms with E-state index in [1.165, 1.54) is 0 Å². The molecule has 1 aromatic heterocycles. The van der Waals surface area contributed by atoms with Crippen molar-refractivity contribution in [3.63, 3.8) is 0 Å². The van der Waals surface area contributed by atoms with Crippen molar-refractivity contribution >= 4 is 10.8 Å². The lowest BCUT2D eigenvalue weighted by molar-refractivity contribution is 0.273. The first-order valence-corrected chi connectivity index (χ1v) is 8.56. The summed E-state index contributed by atoms with van der Waals surface area (Å²) in [6.45, 7) is 2.37. The predicted octanol–water partition coefficient (Wildman–Crippen LogP) is 4.14. The summed E-state index contributed by atoms with van der Waals surface area (Å²) in [5.74, 6) is 3.21. The second kappa shape index (κ2) is 6.54. The summed E-state index contributed by atoms with van der Waals surface area (Å²) in [6.07, 6.45) is 0. The summed E-state index contributed by atoms with van der Waals surface area (Å²) < 4.78 is 27.9. The maximum absolute atomic E-state index is 6.08. The molecule has 0 saturated carbocycles. The van der Waals surface area contributed by atoms with Gasteiger partial charge in [0.15, 0.2) is 23.0 Å². The molecule has 6 heteroatoms. The second-order valence-corrected chi connectivity index (χ2v) is 6.24. The Bertz CT molecular complexity index is 1040. The molecule has 6 nitrogen and oxygen atoms in total. The molecule has 0 fully saturated rings. The number of ether oxygens (including phenoxy) is 5. The SMILES string of the molecule is COc1cc2c(C)nc3c(c2cc1OC)COc1c-3ccc(OC)c1OC. The Labute approximate surface area is 157 Å². The number of fused-ring (bicyclic) bond motifs is 5. The molecule has 0 aliphatic carbocycles. The highest BCUT2D eigenvalue weighted by Gasteiger charge is 2.27. The van der Waals surface area contributed by atoms with E-state index in [0.717, 1.165) is 33.3 Å². The minimum absolute atomic E-state index is 0.380. The summed E-state index contributed by atoms with van der Waals surface area (Å²) in [5.41, 5.74) is 3.69. The van der Waals surface area contributed by atoms with Crippen LogP contribution in [0, 0.1) is 6.92 Å². The van der Waals surface area contributed by atoms with Crippen molar-refractivity contribution in [2.45, 2.75) is 13.5 Å². The molecule has 0 bridgehead atoms. The average molecular weight is 367 g/mol. The van der Waals surface area contributed by atoms with Crippen LogP contribution in [-0.2, 0) is 6.61 Å². The fraction of sp³-hybridized carbons (Fsp3) is 0.286. The van der Waals surface area contributed by atoms with E-state index in [1.54, 1.807) is 28.4 Å². The number of aromatic nitrogens is 1. The van der Waals surface area contributed by atoms with E-state index < -0.39 is 0 Å². The Morgan fingerprint density at radius 2 is 1.52 bits per heavy atom. The highest BCUT2D eigenvalue weighted by molar-refractivity contribution is 5.96. The van der Waals surface area contributed by atoms with E-state index in [2.05, 4.69) is 0 Å². The van der Waals surface area contributed by atoms with Gasteiger partial charge in [-0.25, -0.2) is 0 Å². The van der Waals surface area contributed by atoms with Crippen LogP contribution in [0.3, 0.4) is 0 Å². The van der Waals surface area contributed by atoms with Gasteiger partial charge in [0.05, 0.1) is 34.1 Å². The Balaban J connectivity index is 2.02. The van der Waals surface area contributed by atoms with Crippen LogP contribution in [-0.4, -0.2) is 33.4 Å². The zero-order valence-corrected chi connectivity index (χ0v) is 16.0. The standard InChI is InChI=1S/C21H21NO5/c1-11-13-8-17(24-3)18(25-4)9-14(13)15-10-27-20-12(19(15)22-11)6-7-16(23-2)21(20)26-5/h6-9H,10H2,1-5H3. The van der Waals surface area contributed by atoms with Crippen LogP contribution in [0.4, 0.5) is 0 Å². The third-order valence-electron chi connectivity index (χ3n) is 4.92. The van der Waals surface area contributed by atoms with Gasteiger partial charge < -0.3 is 23.7 Å². The molecule has 140 valence electrons. The van der Waals surface area contributed by atoms with Gasteiger partial charge in [-0.05, 0) is 36.6 Å². The number of methoxy groups -OCH3 is 4. The third kappa shape index (κ3) is 2.51. The highest BCUT2D eigenvalue weighted by atomic mass is 16.5. The van der Waals surface area contributed by atoms with E-state index in [-0.39, 0.29) is 0 Å². The molecule has 0 radical (unpaired) electrons. The summed E-state index contributed by atoms with van der Waals surface area (Å²) in [7, 11) is 6.47. The maximum atomic E-state index is 6.08. The number of rotatable bonds is 4. The summed E-state index contributed by atoms with van der Waals surface area (Å²) >= 11 is 0. The van der Waals surface area contributed by atoms with Gasteiger partial charge >= 0.3 is 0 Å². The van der Waals surface area contributed by atoms with Crippen molar-refractivity contribution in [3.8, 4) is 40.0 Å². The van der Waals surface area contributed by atoms with Crippen LogP contribution in [0.25, 0.3) is 22.0 Å². The Morgan fingerprint density at radius 3 is 2.15 bits per heavy atom. The number of nitrogens with zero attached hydrogens (tertiary/aromatic N) is 1. The summed E-state index contributed by atoms with van der Waals surface area (Å²) in [4.78, 5) is 4.87. The molecular weight excluding hydrogens is 346 g/mol. The smallest absolute Gasteiger partial charge is 0.204 e. The molecule has 1 aliphatic heterocycles. The van der Waals surface area contributed by atoms with Gasteiger partial charge in [0, 0.05) is 22.2 Å². The van der Waals surface area contributed by atoms with E-state index in [0.29, 0.717) is 35.4 Å². The first-order valence-electron chi connectivity index (χ1n) is 8.56.